The van der Waals surface area contributed by atoms with E-state index < -0.39 is 6.43 Å². The maximum absolute atomic E-state index is 12.2. The summed E-state index contributed by atoms with van der Waals surface area (Å²) in [5, 5.41) is 4.31. The molecule has 6 heteroatoms. The van der Waals surface area contributed by atoms with E-state index in [1.165, 1.54) is 0 Å². The Kier molecular flexibility index (Phi) is 3.78. The summed E-state index contributed by atoms with van der Waals surface area (Å²) >= 11 is 2.26. The standard InChI is InChI=1S/C10H14F2IN3/c1-7-4-14-16(10(7)13)8-2-3-15(5-8)6-9(11)12/h4,8-9H,2-3,5-6H2,1H3. The average molecular weight is 341 g/mol. The Morgan fingerprint density at radius 3 is 2.94 bits per heavy atom. The van der Waals surface area contributed by atoms with Crippen LogP contribution in [0, 0.1) is 10.6 Å². The Hall–Kier alpha value is -0.240. The van der Waals surface area contributed by atoms with Crippen LogP contribution in [0.2, 0.25) is 0 Å². The molecule has 3 nitrogen and oxygen atoms in total. The van der Waals surface area contributed by atoms with Crippen molar-refractivity contribution in [2.45, 2.75) is 25.8 Å². The first-order valence-electron chi connectivity index (χ1n) is 5.28. The van der Waals surface area contributed by atoms with Gasteiger partial charge in [0.2, 0.25) is 0 Å². The Morgan fingerprint density at radius 1 is 1.62 bits per heavy atom. The third-order valence-corrected chi connectivity index (χ3v) is 4.24. The minimum atomic E-state index is -2.24. The Labute approximate surface area is 107 Å². The van der Waals surface area contributed by atoms with Gasteiger partial charge in [0, 0.05) is 18.7 Å². The monoisotopic (exact) mass is 341 g/mol. The topological polar surface area (TPSA) is 21.1 Å². The molecule has 1 aliphatic heterocycles. The summed E-state index contributed by atoms with van der Waals surface area (Å²) in [6.07, 6.45) is 0.499. The number of aryl methyl sites for hydroxylation is 1. The number of halogens is 3. The van der Waals surface area contributed by atoms with Crippen LogP contribution >= 0.6 is 22.6 Å². The van der Waals surface area contributed by atoms with Crippen LogP contribution in [0.3, 0.4) is 0 Å². The summed E-state index contributed by atoms with van der Waals surface area (Å²) in [4.78, 5) is 1.81. The van der Waals surface area contributed by atoms with Gasteiger partial charge in [0.25, 0.3) is 6.43 Å². The van der Waals surface area contributed by atoms with Crippen LogP contribution in [0.15, 0.2) is 6.20 Å². The van der Waals surface area contributed by atoms with E-state index in [4.69, 9.17) is 0 Å². The van der Waals surface area contributed by atoms with E-state index in [2.05, 4.69) is 27.7 Å². The predicted octanol–water partition coefficient (Wildman–Crippen LogP) is 2.31. The van der Waals surface area contributed by atoms with Gasteiger partial charge in [0.15, 0.2) is 0 Å². The Bertz CT molecular complexity index is 367. The summed E-state index contributed by atoms with van der Waals surface area (Å²) in [7, 11) is 0. The molecule has 1 unspecified atom stereocenters. The predicted molar refractivity (Wildman–Crippen MR) is 65.8 cm³/mol. The molecule has 0 N–H and O–H groups in total. The van der Waals surface area contributed by atoms with Gasteiger partial charge in [-0.25, -0.2) is 8.78 Å². The number of hydrogen-bond donors (Lipinski definition) is 0. The van der Waals surface area contributed by atoms with E-state index in [1.807, 2.05) is 22.7 Å². The zero-order chi connectivity index (χ0) is 11.7. The summed E-state index contributed by atoms with van der Waals surface area (Å²) in [5.74, 6) is 0. The fourth-order valence-corrected chi connectivity index (χ4v) is 2.72. The minimum Gasteiger partial charge on any atom is -0.296 e. The highest BCUT2D eigenvalue weighted by Crippen LogP contribution is 2.24. The van der Waals surface area contributed by atoms with Gasteiger partial charge in [-0.05, 0) is 35.9 Å². The average Bonchev–Trinajstić information content (AvgIpc) is 2.75. The second-order valence-corrected chi connectivity index (χ2v) is 5.18. The van der Waals surface area contributed by atoms with Crippen molar-refractivity contribution in [3.8, 4) is 0 Å². The first-order chi connectivity index (χ1) is 7.58. The van der Waals surface area contributed by atoms with Crippen molar-refractivity contribution >= 4 is 22.6 Å². The molecule has 16 heavy (non-hydrogen) atoms. The molecule has 0 spiro atoms. The van der Waals surface area contributed by atoms with Crippen LogP contribution in [0.25, 0.3) is 0 Å². The number of aromatic nitrogens is 2. The molecule has 90 valence electrons. The second-order valence-electron chi connectivity index (χ2n) is 4.16. The second kappa shape index (κ2) is 4.95. The summed E-state index contributed by atoms with van der Waals surface area (Å²) in [6.45, 7) is 3.32. The molecule has 0 saturated carbocycles. The lowest BCUT2D eigenvalue weighted by molar-refractivity contribution is 0.0978. The fraction of sp³-hybridized carbons (Fsp3) is 0.700. The number of alkyl halides is 2. The molecule has 1 aromatic heterocycles. The van der Waals surface area contributed by atoms with Gasteiger partial charge in [-0.1, -0.05) is 0 Å². The maximum Gasteiger partial charge on any atom is 0.251 e. The highest BCUT2D eigenvalue weighted by molar-refractivity contribution is 14.1. The zero-order valence-corrected chi connectivity index (χ0v) is 11.2. The molecular formula is C10H14F2IN3. The van der Waals surface area contributed by atoms with Crippen LogP contribution in [0.5, 0.6) is 0 Å². The largest absolute Gasteiger partial charge is 0.296 e. The molecule has 0 bridgehead atoms. The molecular weight excluding hydrogens is 327 g/mol. The lowest BCUT2D eigenvalue weighted by atomic mass is 10.3. The number of likely N-dealkylation sites (tertiary alicyclic amines) is 1. The van der Waals surface area contributed by atoms with E-state index in [0.717, 1.165) is 22.2 Å². The van der Waals surface area contributed by atoms with Gasteiger partial charge in [-0.15, -0.1) is 0 Å². The summed E-state index contributed by atoms with van der Waals surface area (Å²) in [5.41, 5.74) is 1.15. The highest BCUT2D eigenvalue weighted by atomic mass is 127. The maximum atomic E-state index is 12.2. The lowest BCUT2D eigenvalue weighted by Gasteiger charge is -2.16. The fourth-order valence-electron chi connectivity index (χ4n) is 2.06. The molecule has 0 aliphatic carbocycles. The van der Waals surface area contributed by atoms with Gasteiger partial charge in [-0.3, -0.25) is 9.58 Å². The van der Waals surface area contributed by atoms with Crippen LogP contribution in [0.4, 0.5) is 8.78 Å². The van der Waals surface area contributed by atoms with Crippen molar-refractivity contribution in [1.82, 2.24) is 14.7 Å². The summed E-state index contributed by atoms with van der Waals surface area (Å²) in [6, 6.07) is 0.249. The van der Waals surface area contributed by atoms with Crippen molar-refractivity contribution in [1.29, 1.82) is 0 Å². The van der Waals surface area contributed by atoms with Crippen LogP contribution in [-0.4, -0.2) is 40.7 Å². The van der Waals surface area contributed by atoms with Crippen molar-refractivity contribution in [2.24, 2.45) is 0 Å². The number of hydrogen-bond acceptors (Lipinski definition) is 2. The molecule has 0 aromatic carbocycles. The van der Waals surface area contributed by atoms with Crippen LogP contribution in [0.1, 0.15) is 18.0 Å². The molecule has 0 amide bonds. The van der Waals surface area contributed by atoms with E-state index >= 15 is 0 Å². The highest BCUT2D eigenvalue weighted by Gasteiger charge is 2.27. The zero-order valence-electron chi connectivity index (χ0n) is 9.04. The normalized spacial score (nSPS) is 22.2. The van der Waals surface area contributed by atoms with Gasteiger partial charge in [0.05, 0.1) is 18.8 Å². The van der Waals surface area contributed by atoms with Crippen molar-refractivity contribution < 1.29 is 8.78 Å². The molecule has 0 radical (unpaired) electrons. The number of nitrogens with zero attached hydrogens (tertiary/aromatic N) is 3. The SMILES string of the molecule is Cc1cnn(C2CCN(CC(F)F)C2)c1I. The molecule has 1 aromatic rings. The van der Waals surface area contributed by atoms with Gasteiger partial charge in [-0.2, -0.15) is 5.10 Å². The van der Waals surface area contributed by atoms with Crippen molar-refractivity contribution in [3.05, 3.63) is 15.5 Å². The van der Waals surface area contributed by atoms with Crippen molar-refractivity contribution in [3.63, 3.8) is 0 Å². The molecule has 1 aliphatic rings. The first-order valence-corrected chi connectivity index (χ1v) is 6.36. The van der Waals surface area contributed by atoms with E-state index in [-0.39, 0.29) is 12.6 Å². The summed E-state index contributed by atoms with van der Waals surface area (Å²) < 4.78 is 27.5. The molecule has 1 saturated heterocycles. The molecule has 2 heterocycles. The Balaban J connectivity index is 2.01. The van der Waals surface area contributed by atoms with Crippen LogP contribution in [-0.2, 0) is 0 Å². The third kappa shape index (κ3) is 2.53. The van der Waals surface area contributed by atoms with E-state index in [1.54, 1.807) is 0 Å². The molecule has 1 fully saturated rings. The lowest BCUT2D eigenvalue weighted by Crippen LogP contribution is -2.27. The minimum absolute atomic E-state index is 0.118. The quantitative estimate of drug-likeness (QED) is 0.787. The molecule has 1 atom stereocenters. The van der Waals surface area contributed by atoms with E-state index in [9.17, 15) is 8.78 Å². The van der Waals surface area contributed by atoms with Gasteiger partial charge >= 0.3 is 0 Å². The Morgan fingerprint density at radius 2 is 2.38 bits per heavy atom. The van der Waals surface area contributed by atoms with Gasteiger partial charge < -0.3 is 0 Å². The van der Waals surface area contributed by atoms with Crippen LogP contribution < -0.4 is 0 Å². The first kappa shape index (κ1) is 12.2. The number of rotatable bonds is 3. The molecule has 2 rings (SSSR count). The smallest absolute Gasteiger partial charge is 0.251 e. The third-order valence-electron chi connectivity index (χ3n) is 2.89. The van der Waals surface area contributed by atoms with Crippen molar-refractivity contribution in [2.75, 3.05) is 19.6 Å². The van der Waals surface area contributed by atoms with E-state index in [0.29, 0.717) is 6.54 Å². The van der Waals surface area contributed by atoms with Gasteiger partial charge in [0.1, 0.15) is 3.70 Å².